The van der Waals surface area contributed by atoms with E-state index in [9.17, 15) is 9.59 Å². The zero-order valence-electron chi connectivity index (χ0n) is 15.3. The van der Waals surface area contributed by atoms with Crippen LogP contribution in [0.5, 0.6) is 5.75 Å². The van der Waals surface area contributed by atoms with Crippen molar-refractivity contribution in [3.05, 3.63) is 65.7 Å². The van der Waals surface area contributed by atoms with Crippen LogP contribution in [-0.4, -0.2) is 47.9 Å². The molecule has 1 atom stereocenters. The van der Waals surface area contributed by atoms with Crippen molar-refractivity contribution < 1.29 is 28.7 Å². The number of carbonyl (C=O) groups is 2. The number of esters is 1. The van der Waals surface area contributed by atoms with Crippen molar-refractivity contribution >= 4 is 11.9 Å². The van der Waals surface area contributed by atoms with E-state index in [1.54, 1.807) is 12.1 Å². The predicted molar refractivity (Wildman–Crippen MR) is 99.2 cm³/mol. The van der Waals surface area contributed by atoms with Crippen LogP contribution in [0.3, 0.4) is 0 Å². The van der Waals surface area contributed by atoms with Crippen molar-refractivity contribution in [1.29, 1.82) is 0 Å². The van der Waals surface area contributed by atoms with Gasteiger partial charge in [-0.1, -0.05) is 30.3 Å². The summed E-state index contributed by atoms with van der Waals surface area (Å²) in [4.78, 5) is 23.8. The summed E-state index contributed by atoms with van der Waals surface area (Å²) >= 11 is 0. The first-order valence-corrected chi connectivity index (χ1v) is 9.03. The third kappa shape index (κ3) is 4.65. The number of ether oxygens (including phenoxy) is 2. The quantitative estimate of drug-likeness (QED) is 0.599. The van der Waals surface area contributed by atoms with Gasteiger partial charge in [-0.15, -0.1) is 0 Å². The van der Waals surface area contributed by atoms with Crippen molar-refractivity contribution in [1.82, 2.24) is 0 Å². The maximum atomic E-state index is 12.8. The number of nitrogens with zero attached hydrogens (tertiary/aromatic N) is 1. The minimum atomic E-state index is -1.00. The van der Waals surface area contributed by atoms with Crippen LogP contribution in [-0.2, 0) is 16.1 Å². The Kier molecular flexibility index (Phi) is 5.76. The van der Waals surface area contributed by atoms with E-state index >= 15 is 0 Å². The van der Waals surface area contributed by atoms with E-state index in [4.69, 9.17) is 14.6 Å². The average molecular weight is 370 g/mol. The van der Waals surface area contributed by atoms with Crippen LogP contribution in [0, 0.1) is 0 Å². The lowest BCUT2D eigenvalue weighted by molar-refractivity contribution is -0.930. The number of likely N-dealkylation sites (tertiary alicyclic amines) is 1. The van der Waals surface area contributed by atoms with Gasteiger partial charge in [0.2, 0.25) is 0 Å². The predicted octanol–water partition coefficient (Wildman–Crippen LogP) is 3.07. The molecule has 1 N–H and O–H groups in total. The van der Waals surface area contributed by atoms with E-state index in [0.717, 1.165) is 31.5 Å². The molecule has 0 spiro atoms. The molecule has 1 aliphatic heterocycles. The van der Waals surface area contributed by atoms with E-state index in [2.05, 4.69) is 0 Å². The number of hydrogen-bond donors (Lipinski definition) is 1. The molecule has 1 aliphatic rings. The molecule has 0 aromatic heterocycles. The first-order valence-electron chi connectivity index (χ1n) is 9.03. The molecule has 3 rings (SSSR count). The number of rotatable bonds is 7. The number of carbonyl (C=O) groups excluding carboxylic acids is 1. The number of carboxylic acids is 1. The average Bonchev–Trinajstić information content (AvgIpc) is 3.13. The summed E-state index contributed by atoms with van der Waals surface area (Å²) in [5.74, 6) is -0.961. The van der Waals surface area contributed by atoms with Crippen molar-refractivity contribution in [2.45, 2.75) is 25.7 Å². The summed E-state index contributed by atoms with van der Waals surface area (Å²) in [6.07, 6.45) is 1.27. The Morgan fingerprint density at radius 2 is 1.67 bits per heavy atom. The van der Waals surface area contributed by atoms with E-state index in [0.29, 0.717) is 10.2 Å². The van der Waals surface area contributed by atoms with Crippen molar-refractivity contribution in [3.8, 4) is 5.75 Å². The Morgan fingerprint density at radius 3 is 2.26 bits per heavy atom. The zero-order chi connectivity index (χ0) is 19.3. The molecule has 6 nitrogen and oxygen atoms in total. The lowest BCUT2D eigenvalue weighted by Gasteiger charge is -2.35. The zero-order valence-corrected chi connectivity index (χ0v) is 15.3. The largest absolute Gasteiger partial charge is 0.478 e. The molecular formula is C21H24NO5+. The molecule has 1 unspecified atom stereocenters. The first kappa shape index (κ1) is 18.9. The summed E-state index contributed by atoms with van der Waals surface area (Å²) < 4.78 is 12.0. The highest BCUT2D eigenvalue weighted by Gasteiger charge is 2.44. The number of hydrogen-bond acceptors (Lipinski definition) is 4. The summed E-state index contributed by atoms with van der Waals surface area (Å²) in [6.45, 7) is 1.86. The van der Waals surface area contributed by atoms with E-state index in [1.165, 1.54) is 12.1 Å². The summed E-state index contributed by atoms with van der Waals surface area (Å²) in [7, 11) is 1.99. The van der Waals surface area contributed by atoms with Gasteiger partial charge in [-0.2, -0.15) is 0 Å². The molecule has 2 aromatic carbocycles. The van der Waals surface area contributed by atoms with Gasteiger partial charge in [-0.25, -0.2) is 9.59 Å². The summed E-state index contributed by atoms with van der Waals surface area (Å²) in [5, 5.41) is 9.02. The highest BCUT2D eigenvalue weighted by Crippen LogP contribution is 2.25. The van der Waals surface area contributed by atoms with Gasteiger partial charge in [0.15, 0.2) is 0 Å². The van der Waals surface area contributed by atoms with Crippen molar-refractivity contribution in [2.24, 2.45) is 0 Å². The molecule has 1 saturated heterocycles. The second kappa shape index (κ2) is 8.22. The molecule has 27 heavy (non-hydrogen) atoms. The number of quaternary nitrogens is 1. The van der Waals surface area contributed by atoms with E-state index in [1.807, 2.05) is 37.4 Å². The molecule has 0 amide bonds. The van der Waals surface area contributed by atoms with Crippen LogP contribution < -0.4 is 4.74 Å². The van der Waals surface area contributed by atoms with Crippen molar-refractivity contribution in [2.75, 3.05) is 20.1 Å². The number of aromatic carboxylic acids is 1. The molecule has 0 bridgehead atoms. The van der Waals surface area contributed by atoms with Crippen LogP contribution in [0.2, 0.25) is 0 Å². The summed E-state index contributed by atoms with van der Waals surface area (Å²) in [6, 6.07) is 15.6. The molecule has 142 valence electrons. The van der Waals surface area contributed by atoms with Gasteiger partial charge in [0.05, 0.1) is 25.7 Å². The standard InChI is InChI=1S/C21H23NO5/c1-22(13-5-6-14-22)19(21(25)26-15-16-7-3-2-4-8-16)27-18-11-9-17(10-12-18)20(23)24/h2-4,7-12,19H,5-6,13-15H2,1H3/p+1. The number of likely N-dealkylation sites (N-methyl/N-ethyl adjacent to an activating group) is 1. The van der Waals surface area contributed by atoms with Gasteiger partial charge in [0.25, 0.3) is 0 Å². The molecule has 6 heteroatoms. The Labute approximate surface area is 158 Å². The normalized spacial score (nSPS) is 16.5. The molecule has 0 radical (unpaired) electrons. The molecule has 1 fully saturated rings. The van der Waals surface area contributed by atoms with Gasteiger partial charge < -0.3 is 14.6 Å². The highest BCUT2D eigenvalue weighted by atomic mass is 16.6. The third-order valence-corrected chi connectivity index (χ3v) is 4.93. The fourth-order valence-corrected chi connectivity index (χ4v) is 3.33. The minimum Gasteiger partial charge on any atom is -0.478 e. The topological polar surface area (TPSA) is 72.8 Å². The van der Waals surface area contributed by atoms with Gasteiger partial charge in [0, 0.05) is 12.8 Å². The molecule has 2 aromatic rings. The SMILES string of the molecule is C[N+]1(C(Oc2ccc(C(=O)O)cc2)C(=O)OCc2ccccc2)CCCC1. The maximum Gasteiger partial charge on any atom is 0.408 e. The first-order chi connectivity index (χ1) is 13.0. The Balaban J connectivity index is 1.74. The molecule has 1 heterocycles. The van der Waals surface area contributed by atoms with Crippen LogP contribution in [0.25, 0.3) is 0 Å². The van der Waals surface area contributed by atoms with E-state index in [-0.39, 0.29) is 12.2 Å². The fraction of sp³-hybridized carbons (Fsp3) is 0.333. The van der Waals surface area contributed by atoms with Crippen molar-refractivity contribution in [3.63, 3.8) is 0 Å². The van der Waals surface area contributed by atoms with Gasteiger partial charge in [0.1, 0.15) is 12.4 Å². The van der Waals surface area contributed by atoms with E-state index < -0.39 is 18.2 Å². The smallest absolute Gasteiger partial charge is 0.408 e. The number of carboxylic acid groups (broad SMARTS) is 1. The Morgan fingerprint density at radius 1 is 1.04 bits per heavy atom. The van der Waals surface area contributed by atoms with Gasteiger partial charge in [-0.05, 0) is 29.8 Å². The fourth-order valence-electron chi connectivity index (χ4n) is 3.33. The van der Waals surface area contributed by atoms with Crippen LogP contribution in [0.15, 0.2) is 54.6 Å². The Hall–Kier alpha value is -2.86. The van der Waals surface area contributed by atoms with Crippen LogP contribution in [0.4, 0.5) is 0 Å². The molecular weight excluding hydrogens is 346 g/mol. The molecule has 0 saturated carbocycles. The second-order valence-corrected chi connectivity index (χ2v) is 7.03. The number of benzene rings is 2. The van der Waals surface area contributed by atoms with Gasteiger partial charge >= 0.3 is 18.2 Å². The monoisotopic (exact) mass is 370 g/mol. The maximum absolute atomic E-state index is 12.8. The Bertz CT molecular complexity index is 782. The summed E-state index contributed by atoms with van der Waals surface area (Å²) in [5.41, 5.74) is 1.09. The highest BCUT2D eigenvalue weighted by molar-refractivity contribution is 5.87. The second-order valence-electron chi connectivity index (χ2n) is 7.03. The lowest BCUT2D eigenvalue weighted by atomic mass is 10.2. The van der Waals surface area contributed by atoms with Crippen LogP contribution >= 0.6 is 0 Å². The third-order valence-electron chi connectivity index (χ3n) is 4.93. The minimum absolute atomic E-state index is 0.173. The lowest BCUT2D eigenvalue weighted by Crippen LogP contribution is -2.57. The van der Waals surface area contributed by atoms with Gasteiger partial charge in [-0.3, -0.25) is 4.48 Å². The van der Waals surface area contributed by atoms with Crippen LogP contribution in [0.1, 0.15) is 28.8 Å². The molecule has 0 aliphatic carbocycles.